The summed E-state index contributed by atoms with van der Waals surface area (Å²) >= 11 is 3.29. The van der Waals surface area contributed by atoms with Gasteiger partial charge in [-0.05, 0) is 48.5 Å². The van der Waals surface area contributed by atoms with Crippen molar-refractivity contribution in [2.24, 2.45) is 0 Å². The van der Waals surface area contributed by atoms with Gasteiger partial charge in [-0.2, -0.15) is 0 Å². The molecular weight excluding hydrogens is 338 g/mol. The average Bonchev–Trinajstić information content (AvgIpc) is 2.48. The van der Waals surface area contributed by atoms with Crippen molar-refractivity contribution in [2.45, 2.75) is 0 Å². The summed E-state index contributed by atoms with van der Waals surface area (Å²) < 4.78 is 5.79. The maximum atomic E-state index is 11.7. The number of benzene rings is 2. The molecular formula is C15H12BrNO4. The molecule has 2 rings (SSSR count). The Morgan fingerprint density at radius 1 is 1.05 bits per heavy atom. The van der Waals surface area contributed by atoms with Crippen molar-refractivity contribution < 1.29 is 19.4 Å². The number of anilines is 1. The molecule has 108 valence electrons. The molecule has 0 heterocycles. The van der Waals surface area contributed by atoms with Gasteiger partial charge in [0, 0.05) is 10.2 Å². The molecule has 0 fully saturated rings. The number of esters is 1. The van der Waals surface area contributed by atoms with E-state index in [2.05, 4.69) is 21.2 Å². The van der Waals surface area contributed by atoms with Crippen LogP contribution in [-0.4, -0.2) is 23.6 Å². The third-order valence-electron chi connectivity index (χ3n) is 2.57. The average molecular weight is 350 g/mol. The van der Waals surface area contributed by atoms with Crippen molar-refractivity contribution in [3.8, 4) is 5.75 Å². The first-order chi connectivity index (χ1) is 10.0. The lowest BCUT2D eigenvalue weighted by Crippen LogP contribution is -2.20. The molecule has 0 radical (unpaired) electrons. The van der Waals surface area contributed by atoms with Gasteiger partial charge in [-0.15, -0.1) is 0 Å². The van der Waals surface area contributed by atoms with Crippen LogP contribution in [0.25, 0.3) is 0 Å². The number of amides is 1. The predicted octanol–water partition coefficient (Wildman–Crippen LogP) is 2.95. The topological polar surface area (TPSA) is 75.6 Å². The van der Waals surface area contributed by atoms with E-state index in [1.54, 1.807) is 24.3 Å². The number of rotatable bonds is 4. The Hall–Kier alpha value is -2.34. The number of hydrogen-bond acceptors (Lipinski definition) is 4. The van der Waals surface area contributed by atoms with Crippen molar-refractivity contribution in [2.75, 3.05) is 11.9 Å². The number of carbonyl (C=O) groups excluding carboxylic acids is 2. The SMILES string of the molecule is O=C(COC(=O)c1ccc(O)cc1)Nc1ccc(Br)cc1. The van der Waals surface area contributed by atoms with Gasteiger partial charge in [0.1, 0.15) is 5.75 Å². The Morgan fingerprint density at radius 3 is 2.29 bits per heavy atom. The van der Waals surface area contributed by atoms with Gasteiger partial charge in [0.15, 0.2) is 6.61 Å². The zero-order valence-corrected chi connectivity index (χ0v) is 12.5. The molecule has 5 nitrogen and oxygen atoms in total. The maximum absolute atomic E-state index is 11.7. The molecule has 0 saturated carbocycles. The monoisotopic (exact) mass is 349 g/mol. The minimum Gasteiger partial charge on any atom is -0.508 e. The molecule has 0 atom stereocenters. The van der Waals surface area contributed by atoms with Gasteiger partial charge in [0.2, 0.25) is 0 Å². The van der Waals surface area contributed by atoms with Crippen molar-refractivity contribution in [3.63, 3.8) is 0 Å². The molecule has 2 aromatic rings. The molecule has 1 amide bonds. The van der Waals surface area contributed by atoms with E-state index in [4.69, 9.17) is 9.84 Å². The maximum Gasteiger partial charge on any atom is 0.338 e. The van der Waals surface area contributed by atoms with Crippen LogP contribution in [0.1, 0.15) is 10.4 Å². The van der Waals surface area contributed by atoms with Gasteiger partial charge in [-0.1, -0.05) is 15.9 Å². The van der Waals surface area contributed by atoms with E-state index in [1.165, 1.54) is 24.3 Å². The quantitative estimate of drug-likeness (QED) is 0.832. The zero-order chi connectivity index (χ0) is 15.2. The Morgan fingerprint density at radius 2 is 1.67 bits per heavy atom. The highest BCUT2D eigenvalue weighted by molar-refractivity contribution is 9.10. The Kier molecular flexibility index (Phi) is 4.94. The van der Waals surface area contributed by atoms with Crippen LogP contribution in [-0.2, 0) is 9.53 Å². The van der Waals surface area contributed by atoms with E-state index in [1.807, 2.05) is 0 Å². The summed E-state index contributed by atoms with van der Waals surface area (Å²) in [5.74, 6) is -0.995. The molecule has 2 aromatic carbocycles. The van der Waals surface area contributed by atoms with Crippen LogP contribution >= 0.6 is 15.9 Å². The van der Waals surface area contributed by atoms with Gasteiger partial charge in [-0.3, -0.25) is 4.79 Å². The van der Waals surface area contributed by atoms with Crippen molar-refractivity contribution in [1.29, 1.82) is 0 Å². The molecule has 0 aliphatic carbocycles. The fourth-order valence-electron chi connectivity index (χ4n) is 1.54. The lowest BCUT2D eigenvalue weighted by atomic mass is 10.2. The predicted molar refractivity (Wildman–Crippen MR) is 81.2 cm³/mol. The molecule has 0 spiro atoms. The van der Waals surface area contributed by atoms with E-state index in [0.717, 1.165) is 4.47 Å². The lowest BCUT2D eigenvalue weighted by Gasteiger charge is -2.06. The third kappa shape index (κ3) is 4.61. The highest BCUT2D eigenvalue weighted by Crippen LogP contribution is 2.14. The van der Waals surface area contributed by atoms with Crippen LogP contribution in [0.15, 0.2) is 53.0 Å². The Bertz CT molecular complexity index is 638. The van der Waals surface area contributed by atoms with E-state index in [9.17, 15) is 9.59 Å². The van der Waals surface area contributed by atoms with Crippen molar-refractivity contribution >= 4 is 33.5 Å². The third-order valence-corrected chi connectivity index (χ3v) is 3.09. The van der Waals surface area contributed by atoms with Crippen LogP contribution in [0, 0.1) is 0 Å². The molecule has 0 aliphatic rings. The van der Waals surface area contributed by atoms with Crippen molar-refractivity contribution in [3.05, 3.63) is 58.6 Å². The standard InChI is InChI=1S/C15H12BrNO4/c16-11-3-5-12(6-4-11)17-14(19)9-21-15(20)10-1-7-13(18)8-2-10/h1-8,18H,9H2,(H,17,19). The highest BCUT2D eigenvalue weighted by atomic mass is 79.9. The van der Waals surface area contributed by atoms with Crippen LogP contribution in [0.3, 0.4) is 0 Å². The van der Waals surface area contributed by atoms with Gasteiger partial charge < -0.3 is 15.2 Å². The van der Waals surface area contributed by atoms with Gasteiger partial charge in [-0.25, -0.2) is 4.79 Å². The second-order valence-corrected chi connectivity index (χ2v) is 5.09. The molecule has 0 unspecified atom stereocenters. The molecule has 0 aromatic heterocycles. The van der Waals surface area contributed by atoms with Crippen LogP contribution in [0.2, 0.25) is 0 Å². The number of hydrogen-bond donors (Lipinski definition) is 2. The van der Waals surface area contributed by atoms with E-state index in [-0.39, 0.29) is 17.9 Å². The number of ether oxygens (including phenoxy) is 1. The van der Waals surface area contributed by atoms with Gasteiger partial charge >= 0.3 is 5.97 Å². The normalized spacial score (nSPS) is 9.95. The first-order valence-corrected chi connectivity index (χ1v) is 6.85. The van der Waals surface area contributed by atoms with Gasteiger partial charge in [0.25, 0.3) is 5.91 Å². The molecule has 0 bridgehead atoms. The first-order valence-electron chi connectivity index (χ1n) is 6.06. The fourth-order valence-corrected chi connectivity index (χ4v) is 1.81. The summed E-state index contributed by atoms with van der Waals surface area (Å²) in [5.41, 5.74) is 0.883. The summed E-state index contributed by atoms with van der Waals surface area (Å²) in [5, 5.41) is 11.7. The van der Waals surface area contributed by atoms with Crippen LogP contribution < -0.4 is 5.32 Å². The largest absolute Gasteiger partial charge is 0.508 e. The molecule has 0 aliphatic heterocycles. The molecule has 0 saturated heterocycles. The summed E-state index contributed by atoms with van der Waals surface area (Å²) in [6, 6.07) is 12.6. The van der Waals surface area contributed by atoms with E-state index >= 15 is 0 Å². The summed E-state index contributed by atoms with van der Waals surface area (Å²) in [4.78, 5) is 23.3. The van der Waals surface area contributed by atoms with Crippen LogP contribution in [0.4, 0.5) is 5.69 Å². The molecule has 21 heavy (non-hydrogen) atoms. The number of phenols is 1. The minimum absolute atomic E-state index is 0.0551. The van der Waals surface area contributed by atoms with E-state index in [0.29, 0.717) is 5.69 Å². The Labute approximate surface area is 129 Å². The Balaban J connectivity index is 1.84. The molecule has 2 N–H and O–H groups in total. The van der Waals surface area contributed by atoms with Gasteiger partial charge in [0.05, 0.1) is 5.56 Å². The second-order valence-electron chi connectivity index (χ2n) is 4.18. The number of nitrogens with one attached hydrogen (secondary N) is 1. The number of carbonyl (C=O) groups is 2. The van der Waals surface area contributed by atoms with Crippen molar-refractivity contribution in [1.82, 2.24) is 0 Å². The smallest absolute Gasteiger partial charge is 0.338 e. The minimum atomic E-state index is -0.624. The number of halogens is 1. The fraction of sp³-hybridized carbons (Fsp3) is 0.0667. The highest BCUT2D eigenvalue weighted by Gasteiger charge is 2.10. The summed E-state index contributed by atoms with van der Waals surface area (Å²) in [6.45, 7) is -0.379. The number of phenolic OH excluding ortho intramolecular Hbond substituents is 1. The number of aromatic hydroxyl groups is 1. The first kappa shape index (κ1) is 15.1. The summed E-state index contributed by atoms with van der Waals surface area (Å²) in [7, 11) is 0. The lowest BCUT2D eigenvalue weighted by molar-refractivity contribution is -0.119. The second kappa shape index (κ2) is 6.90. The molecule has 6 heteroatoms. The summed E-state index contributed by atoms with van der Waals surface area (Å²) in [6.07, 6.45) is 0. The zero-order valence-electron chi connectivity index (χ0n) is 10.9. The van der Waals surface area contributed by atoms with E-state index < -0.39 is 11.9 Å². The van der Waals surface area contributed by atoms with Crippen LogP contribution in [0.5, 0.6) is 5.75 Å².